The lowest BCUT2D eigenvalue weighted by atomic mass is 9.84. The normalized spacial score (nSPS) is 17.0. The van der Waals surface area contributed by atoms with E-state index in [0.29, 0.717) is 64.7 Å². The summed E-state index contributed by atoms with van der Waals surface area (Å²) in [6, 6.07) is 6.92. The molecule has 1 aromatic rings. The number of nitrogens with zero attached hydrogens (tertiary/aromatic N) is 4. The maximum Gasteiger partial charge on any atom is 0.353 e. The lowest BCUT2D eigenvalue weighted by Crippen LogP contribution is -2.49. The molecule has 256 valence electrons. The van der Waals surface area contributed by atoms with Crippen LogP contribution in [0.2, 0.25) is 0 Å². The fraction of sp³-hybridized carbons (Fsp3) is 0.633. The number of rotatable bonds is 17. The molecule has 0 bridgehead atoms. The Morgan fingerprint density at radius 2 is 1.13 bits per heavy atom. The van der Waals surface area contributed by atoms with Crippen LogP contribution in [0.1, 0.15) is 31.4 Å². The van der Waals surface area contributed by atoms with Crippen LogP contribution in [-0.2, 0) is 41.8 Å². The summed E-state index contributed by atoms with van der Waals surface area (Å²) in [7, 11) is -0.0481. The van der Waals surface area contributed by atoms with Gasteiger partial charge in [-0.25, -0.2) is 0 Å². The number of amides is 1. The fourth-order valence-corrected chi connectivity index (χ4v) is 5.01. The molecule has 16 heteroatoms. The Kier molecular flexibility index (Phi) is 17.4. The van der Waals surface area contributed by atoms with E-state index in [1.54, 1.807) is 14.7 Å². The van der Waals surface area contributed by atoms with Crippen molar-refractivity contribution in [2.75, 3.05) is 78.5 Å². The van der Waals surface area contributed by atoms with E-state index in [0.717, 1.165) is 11.1 Å². The Bertz CT molecular complexity index is 1110. The van der Waals surface area contributed by atoms with Gasteiger partial charge in [-0.1, -0.05) is 38.1 Å². The third-order valence-corrected chi connectivity index (χ3v) is 7.54. The van der Waals surface area contributed by atoms with E-state index in [1.807, 2.05) is 43.0 Å². The monoisotopic (exact) mass is 648 g/mol. The molecule has 6 N–H and O–H groups in total. The molecule has 1 aliphatic rings. The molecule has 0 radical (unpaired) electrons. The summed E-state index contributed by atoms with van der Waals surface area (Å²) < 4.78 is 5.53. The molecule has 2 rings (SSSR count). The van der Waals surface area contributed by atoms with Gasteiger partial charge >= 0.3 is 25.4 Å². The lowest BCUT2D eigenvalue weighted by molar-refractivity contribution is -0.140. The molecule has 1 aromatic carbocycles. The van der Waals surface area contributed by atoms with Crippen molar-refractivity contribution in [2.24, 2.45) is 11.7 Å². The predicted octanol–water partition coefficient (Wildman–Crippen LogP) is -1.45. The van der Waals surface area contributed by atoms with Crippen LogP contribution in [0.3, 0.4) is 0 Å². The molecule has 0 spiro atoms. The first-order valence-corrected chi connectivity index (χ1v) is 15.6. The minimum absolute atomic E-state index is 0.0336. The van der Waals surface area contributed by atoms with Crippen molar-refractivity contribution in [1.29, 1.82) is 0 Å². The van der Waals surface area contributed by atoms with Crippen molar-refractivity contribution in [3.63, 3.8) is 0 Å². The Balaban J connectivity index is 1.94. The molecular weight excluding hydrogens is 599 g/mol. The van der Waals surface area contributed by atoms with E-state index in [4.69, 9.17) is 10.4 Å². The Morgan fingerprint density at radius 1 is 0.739 bits per heavy atom. The van der Waals surface area contributed by atoms with Crippen LogP contribution in [0.25, 0.3) is 0 Å². The van der Waals surface area contributed by atoms with Gasteiger partial charge in [-0.2, -0.15) is 0 Å². The van der Waals surface area contributed by atoms with Crippen LogP contribution in [0.15, 0.2) is 24.3 Å². The highest BCUT2D eigenvalue weighted by Gasteiger charge is 2.21. The first-order chi connectivity index (χ1) is 21.8. The molecule has 1 aliphatic heterocycles. The molecular formula is C30H49BN6O9. The number of benzene rings is 1. The summed E-state index contributed by atoms with van der Waals surface area (Å²) in [5.74, 6) is -2.95. The van der Waals surface area contributed by atoms with E-state index >= 15 is 0 Å². The van der Waals surface area contributed by atoms with Gasteiger partial charge in [0.1, 0.15) is 5.68 Å². The van der Waals surface area contributed by atoms with Gasteiger partial charge in [0.25, 0.3) is 0 Å². The number of carbonyl (C=O) groups excluding carboxylic acids is 2. The molecule has 0 saturated carbocycles. The van der Waals surface area contributed by atoms with Crippen molar-refractivity contribution in [1.82, 2.24) is 24.9 Å². The van der Waals surface area contributed by atoms with E-state index in [9.17, 15) is 39.3 Å². The summed E-state index contributed by atoms with van der Waals surface area (Å²) in [5, 5.41) is 31.0. The van der Waals surface area contributed by atoms with E-state index in [2.05, 4.69) is 5.32 Å². The van der Waals surface area contributed by atoms with Gasteiger partial charge in [0.15, 0.2) is 0 Å². The van der Waals surface area contributed by atoms with Crippen molar-refractivity contribution in [2.45, 2.75) is 39.5 Å². The zero-order chi connectivity index (χ0) is 34.1. The summed E-state index contributed by atoms with van der Waals surface area (Å²) in [4.78, 5) is 66.3. The van der Waals surface area contributed by atoms with Crippen LogP contribution in [0.5, 0.6) is 0 Å². The van der Waals surface area contributed by atoms with Gasteiger partial charge in [-0.15, -0.1) is 0 Å². The summed E-state index contributed by atoms with van der Waals surface area (Å²) in [6.45, 7) is 6.51. The fourth-order valence-electron chi connectivity index (χ4n) is 5.01. The van der Waals surface area contributed by atoms with Gasteiger partial charge in [0.2, 0.25) is 5.91 Å². The lowest BCUT2D eigenvalue weighted by Gasteiger charge is -2.32. The minimum atomic E-state index is -1.02. The third-order valence-electron chi connectivity index (χ3n) is 7.54. The standard InChI is InChI=1S/C30H49BN6O9/c1-22(2)15-25(32)30(45)31-46-21-24-5-3-23(4-6-24)16-33-26(38)17-34-7-9-35(18-27(39)40)11-13-37(20-29(43)44)14-12-36(10-8-34)19-28(41)42/h3-6,22,25,31H,7-21,32H2,1-2H3,(H,33,38)(H,39,40)(H,41,42)(H,43,44)/t25-/m1/s1. The average Bonchev–Trinajstić information content (AvgIpc) is 2.96. The zero-order valence-corrected chi connectivity index (χ0v) is 26.9. The molecule has 1 amide bonds. The molecule has 1 atom stereocenters. The SMILES string of the molecule is CC(C)C[C@@H](N)C(=O)BOCc1ccc(CNC(=O)CN2CCN(CC(=O)O)CCN(CC(=O)O)CCN(CC(=O)O)CC2)cc1. The number of carboxylic acid groups (broad SMARTS) is 3. The molecule has 0 unspecified atom stereocenters. The number of hydrogen-bond donors (Lipinski definition) is 5. The Hall–Kier alpha value is -3.41. The molecule has 15 nitrogen and oxygen atoms in total. The quantitative estimate of drug-likeness (QED) is 0.123. The third kappa shape index (κ3) is 16.8. The summed E-state index contributed by atoms with van der Waals surface area (Å²) >= 11 is 0. The topological polar surface area (TPSA) is 206 Å². The van der Waals surface area contributed by atoms with Crippen LogP contribution in [0, 0.1) is 5.92 Å². The van der Waals surface area contributed by atoms with Crippen molar-refractivity contribution in [3.05, 3.63) is 35.4 Å². The number of aliphatic carboxylic acids is 3. The maximum absolute atomic E-state index is 12.9. The van der Waals surface area contributed by atoms with Crippen molar-refractivity contribution < 1.29 is 43.9 Å². The predicted molar refractivity (Wildman–Crippen MR) is 171 cm³/mol. The van der Waals surface area contributed by atoms with Crippen LogP contribution in [-0.4, -0.2) is 156 Å². The highest BCUT2D eigenvalue weighted by Crippen LogP contribution is 2.08. The van der Waals surface area contributed by atoms with Crippen LogP contribution < -0.4 is 11.1 Å². The van der Waals surface area contributed by atoms with Gasteiger partial charge in [0.05, 0.1) is 38.8 Å². The number of carbonyl (C=O) groups is 5. The second-order valence-electron chi connectivity index (χ2n) is 12.1. The molecule has 1 fully saturated rings. The van der Waals surface area contributed by atoms with Crippen LogP contribution in [0.4, 0.5) is 0 Å². The first kappa shape index (κ1) is 38.8. The summed E-state index contributed by atoms with van der Waals surface area (Å²) in [6.07, 6.45) is 0.613. The second-order valence-corrected chi connectivity index (χ2v) is 12.1. The Labute approximate surface area is 270 Å². The molecule has 1 saturated heterocycles. The smallest absolute Gasteiger partial charge is 0.353 e. The van der Waals surface area contributed by atoms with Gasteiger partial charge < -0.3 is 35.8 Å². The molecule has 1 heterocycles. The van der Waals surface area contributed by atoms with E-state index in [-0.39, 0.29) is 58.4 Å². The minimum Gasteiger partial charge on any atom is -0.480 e. The Morgan fingerprint density at radius 3 is 1.52 bits per heavy atom. The molecule has 46 heavy (non-hydrogen) atoms. The largest absolute Gasteiger partial charge is 0.480 e. The number of carboxylic acids is 3. The maximum atomic E-state index is 12.9. The average molecular weight is 649 g/mol. The summed E-state index contributed by atoms with van der Waals surface area (Å²) in [5.41, 5.74) is 7.52. The first-order valence-electron chi connectivity index (χ1n) is 15.6. The number of nitrogens with two attached hydrogens (primary N) is 1. The molecule has 0 aliphatic carbocycles. The van der Waals surface area contributed by atoms with Crippen molar-refractivity contribution >= 4 is 37.0 Å². The van der Waals surface area contributed by atoms with Gasteiger partial charge in [0, 0.05) is 58.9 Å². The molecule has 0 aromatic heterocycles. The highest BCUT2D eigenvalue weighted by atomic mass is 16.4. The highest BCUT2D eigenvalue weighted by molar-refractivity contribution is 6.70. The van der Waals surface area contributed by atoms with E-state index < -0.39 is 23.9 Å². The van der Waals surface area contributed by atoms with Gasteiger partial charge in [-0.05, 0) is 23.5 Å². The van der Waals surface area contributed by atoms with E-state index in [1.165, 1.54) is 0 Å². The van der Waals surface area contributed by atoms with Gasteiger partial charge in [-0.3, -0.25) is 38.8 Å². The second kappa shape index (κ2) is 20.7. The number of hydrogen-bond acceptors (Lipinski definition) is 11. The van der Waals surface area contributed by atoms with Crippen LogP contribution >= 0.6 is 0 Å². The van der Waals surface area contributed by atoms with Crippen molar-refractivity contribution in [3.8, 4) is 0 Å². The number of nitrogens with one attached hydrogen (secondary N) is 1. The zero-order valence-electron chi connectivity index (χ0n) is 26.9.